The second-order valence-electron chi connectivity index (χ2n) is 7.99. The van der Waals surface area contributed by atoms with Crippen LogP contribution in [0.1, 0.15) is 34.5 Å². The number of hydrogen-bond acceptors (Lipinski definition) is 5. The number of amides is 2. The van der Waals surface area contributed by atoms with Gasteiger partial charge in [0.2, 0.25) is 5.91 Å². The Hall–Kier alpha value is -3.49. The number of thiophene rings is 1. The highest BCUT2D eigenvalue weighted by atomic mass is 35.5. The zero-order chi connectivity index (χ0) is 23.5. The molecule has 0 radical (unpaired) electrons. The topological polar surface area (TPSA) is 80.1 Å². The Bertz CT molecular complexity index is 1320. The van der Waals surface area contributed by atoms with Crippen molar-refractivity contribution in [3.05, 3.63) is 81.9 Å². The number of benzene rings is 1. The summed E-state index contributed by atoms with van der Waals surface area (Å²) >= 11 is 7.21. The summed E-state index contributed by atoms with van der Waals surface area (Å²) in [6.07, 6.45) is 7.93. The Morgan fingerprint density at radius 2 is 1.79 bits per heavy atom. The summed E-state index contributed by atoms with van der Waals surface area (Å²) in [5, 5.41) is 7.76. The fourth-order valence-corrected chi connectivity index (χ4v) is 4.95. The van der Waals surface area contributed by atoms with E-state index in [1.165, 1.54) is 11.3 Å². The molecule has 0 aliphatic carbocycles. The minimum absolute atomic E-state index is 0.170. The first kappa shape index (κ1) is 22.3. The first-order valence-corrected chi connectivity index (χ1v) is 12.2. The van der Waals surface area contributed by atoms with Gasteiger partial charge in [0.25, 0.3) is 5.91 Å². The summed E-state index contributed by atoms with van der Waals surface area (Å²) in [5.41, 5.74) is 4.32. The van der Waals surface area contributed by atoms with E-state index in [1.807, 2.05) is 47.5 Å². The molecule has 1 saturated heterocycles. The second kappa shape index (κ2) is 9.79. The van der Waals surface area contributed by atoms with Gasteiger partial charge in [-0.15, -0.1) is 11.3 Å². The molecule has 4 heterocycles. The third-order valence-electron chi connectivity index (χ3n) is 5.73. The molecule has 0 bridgehead atoms. The molecule has 9 heteroatoms. The zero-order valence-corrected chi connectivity index (χ0v) is 19.9. The molecule has 2 amide bonds. The molecule has 0 saturated carbocycles. The van der Waals surface area contributed by atoms with Gasteiger partial charge in [0.1, 0.15) is 0 Å². The van der Waals surface area contributed by atoms with Gasteiger partial charge in [-0.2, -0.15) is 5.10 Å². The zero-order valence-electron chi connectivity index (χ0n) is 18.3. The Balaban J connectivity index is 1.41. The summed E-state index contributed by atoms with van der Waals surface area (Å²) in [5.74, 6) is -0.0102. The molecule has 172 valence electrons. The molecule has 0 atom stereocenters. The van der Waals surface area contributed by atoms with Gasteiger partial charge >= 0.3 is 0 Å². The fourth-order valence-electron chi connectivity index (χ4n) is 3.99. The van der Waals surface area contributed by atoms with Crippen LogP contribution in [0.4, 0.5) is 5.69 Å². The van der Waals surface area contributed by atoms with Crippen molar-refractivity contribution in [2.45, 2.75) is 25.8 Å². The molecule has 3 aromatic heterocycles. The summed E-state index contributed by atoms with van der Waals surface area (Å²) in [6, 6.07) is 15.0. The average Bonchev–Trinajstić information content (AvgIpc) is 3.50. The predicted octanol–water partition coefficient (Wildman–Crippen LogP) is 5.10. The second-order valence-corrected chi connectivity index (χ2v) is 9.70. The minimum Gasteiger partial charge on any atom is -0.347 e. The summed E-state index contributed by atoms with van der Waals surface area (Å²) < 4.78 is 2.37. The molecule has 7 nitrogen and oxygen atoms in total. The summed E-state index contributed by atoms with van der Waals surface area (Å²) in [7, 11) is 0. The van der Waals surface area contributed by atoms with Crippen molar-refractivity contribution in [2.24, 2.45) is 0 Å². The molecule has 1 fully saturated rings. The first-order valence-electron chi connectivity index (χ1n) is 11.0. The molecule has 4 aromatic rings. The monoisotopic (exact) mass is 491 g/mol. The highest BCUT2D eigenvalue weighted by Gasteiger charge is 2.20. The van der Waals surface area contributed by atoms with Gasteiger partial charge in [-0.1, -0.05) is 11.6 Å². The number of aromatic nitrogens is 3. The number of nitrogens with zero attached hydrogens (tertiary/aromatic N) is 4. The highest BCUT2D eigenvalue weighted by Crippen LogP contribution is 2.26. The lowest BCUT2D eigenvalue weighted by Crippen LogP contribution is -2.35. The third kappa shape index (κ3) is 4.73. The SMILES string of the molecule is O=C(NCc1cn(-c2ccc(N3CCCCC3=O)cc2)nc1-c1ccncc1)c1ccc(Cl)s1. The van der Waals surface area contributed by atoms with Crippen LogP contribution in [0.25, 0.3) is 16.9 Å². The summed E-state index contributed by atoms with van der Waals surface area (Å²) in [6.45, 7) is 1.07. The van der Waals surface area contributed by atoms with Gasteiger partial charge in [0.05, 0.1) is 20.6 Å². The first-order chi connectivity index (χ1) is 16.6. The van der Waals surface area contributed by atoms with Crippen LogP contribution in [0.5, 0.6) is 0 Å². The fraction of sp³-hybridized carbons (Fsp3) is 0.200. The molecule has 1 aliphatic heterocycles. The van der Waals surface area contributed by atoms with Crippen molar-refractivity contribution in [2.75, 3.05) is 11.4 Å². The number of carbonyl (C=O) groups is 2. The van der Waals surface area contributed by atoms with Crippen LogP contribution in [-0.2, 0) is 11.3 Å². The van der Waals surface area contributed by atoms with Crippen molar-refractivity contribution in [1.29, 1.82) is 0 Å². The Morgan fingerprint density at radius 3 is 2.50 bits per heavy atom. The Kier molecular flexibility index (Phi) is 6.42. The number of hydrogen-bond donors (Lipinski definition) is 1. The standard InChI is InChI=1S/C25H22ClN5O2S/c26-22-9-8-21(34-22)25(33)28-15-18-16-31(29-24(18)17-10-12-27-13-11-17)20-6-4-19(5-7-20)30-14-2-1-3-23(30)32/h4-13,16H,1-3,14-15H2,(H,28,33). The van der Waals surface area contributed by atoms with E-state index in [2.05, 4.69) is 10.3 Å². The van der Waals surface area contributed by atoms with E-state index in [0.717, 1.165) is 47.6 Å². The van der Waals surface area contributed by atoms with Crippen molar-refractivity contribution in [3.8, 4) is 16.9 Å². The highest BCUT2D eigenvalue weighted by molar-refractivity contribution is 7.18. The lowest BCUT2D eigenvalue weighted by Gasteiger charge is -2.26. The van der Waals surface area contributed by atoms with Gasteiger partial charge in [-0.25, -0.2) is 4.68 Å². The number of piperidine rings is 1. The van der Waals surface area contributed by atoms with Crippen LogP contribution in [0.15, 0.2) is 67.1 Å². The largest absolute Gasteiger partial charge is 0.347 e. The average molecular weight is 492 g/mol. The van der Waals surface area contributed by atoms with E-state index in [-0.39, 0.29) is 11.8 Å². The van der Waals surface area contributed by atoms with Crippen molar-refractivity contribution in [3.63, 3.8) is 0 Å². The number of pyridine rings is 1. The molecular weight excluding hydrogens is 470 g/mol. The maximum Gasteiger partial charge on any atom is 0.261 e. The Morgan fingerprint density at radius 1 is 1.03 bits per heavy atom. The van der Waals surface area contributed by atoms with E-state index in [4.69, 9.17) is 16.7 Å². The Labute approximate surface area is 206 Å². The van der Waals surface area contributed by atoms with Crippen LogP contribution < -0.4 is 10.2 Å². The van der Waals surface area contributed by atoms with E-state index in [9.17, 15) is 9.59 Å². The van der Waals surface area contributed by atoms with Gasteiger partial charge in [-0.3, -0.25) is 14.6 Å². The number of halogens is 1. The van der Waals surface area contributed by atoms with Gasteiger partial charge < -0.3 is 10.2 Å². The number of nitrogens with one attached hydrogen (secondary N) is 1. The third-order valence-corrected chi connectivity index (χ3v) is 6.96. The van der Waals surface area contributed by atoms with Crippen LogP contribution in [-0.4, -0.2) is 33.1 Å². The molecule has 0 spiro atoms. The molecule has 5 rings (SSSR count). The molecule has 1 aliphatic rings. The normalized spacial score (nSPS) is 13.8. The van der Waals surface area contributed by atoms with Crippen molar-refractivity contribution in [1.82, 2.24) is 20.1 Å². The van der Waals surface area contributed by atoms with E-state index >= 15 is 0 Å². The van der Waals surface area contributed by atoms with Crippen LogP contribution in [0.3, 0.4) is 0 Å². The molecular formula is C25H22ClN5O2S. The smallest absolute Gasteiger partial charge is 0.261 e. The molecule has 34 heavy (non-hydrogen) atoms. The number of rotatable bonds is 6. The van der Waals surface area contributed by atoms with E-state index in [0.29, 0.717) is 22.2 Å². The number of anilines is 1. The number of carbonyl (C=O) groups excluding carboxylic acids is 2. The molecule has 1 aromatic carbocycles. The van der Waals surface area contributed by atoms with Crippen LogP contribution in [0, 0.1) is 0 Å². The van der Waals surface area contributed by atoms with Gasteiger partial charge in [0.15, 0.2) is 0 Å². The van der Waals surface area contributed by atoms with Gasteiger partial charge in [0, 0.05) is 54.9 Å². The minimum atomic E-state index is -0.180. The van der Waals surface area contributed by atoms with E-state index < -0.39 is 0 Å². The molecule has 0 unspecified atom stereocenters. The summed E-state index contributed by atoms with van der Waals surface area (Å²) in [4.78, 5) is 31.3. The van der Waals surface area contributed by atoms with Gasteiger partial charge in [-0.05, 0) is 61.4 Å². The van der Waals surface area contributed by atoms with Crippen LogP contribution >= 0.6 is 22.9 Å². The lowest BCUT2D eigenvalue weighted by atomic mass is 10.1. The van der Waals surface area contributed by atoms with E-state index in [1.54, 1.807) is 29.2 Å². The maximum atomic E-state index is 12.5. The predicted molar refractivity (Wildman–Crippen MR) is 133 cm³/mol. The lowest BCUT2D eigenvalue weighted by molar-refractivity contribution is -0.119. The van der Waals surface area contributed by atoms with Crippen molar-refractivity contribution >= 4 is 40.4 Å². The van der Waals surface area contributed by atoms with Crippen molar-refractivity contribution < 1.29 is 9.59 Å². The van der Waals surface area contributed by atoms with Crippen LogP contribution in [0.2, 0.25) is 4.34 Å². The quantitative estimate of drug-likeness (QED) is 0.407. The molecule has 1 N–H and O–H groups in total. The maximum absolute atomic E-state index is 12.5.